The highest BCUT2D eigenvalue weighted by molar-refractivity contribution is 7.27. The van der Waals surface area contributed by atoms with Gasteiger partial charge in [0.25, 0.3) is 11.4 Å². The molecule has 10 heteroatoms. The number of carbonyl (C=O) groups excluding carboxylic acids is 2. The van der Waals surface area contributed by atoms with Crippen LogP contribution < -0.4 is 0 Å². The van der Waals surface area contributed by atoms with Gasteiger partial charge in [-0.05, 0) is 82.5 Å². The van der Waals surface area contributed by atoms with Gasteiger partial charge in [-0.1, -0.05) is 48.5 Å². The quantitative estimate of drug-likeness (QED) is 0.101. The molecule has 0 amide bonds. The molecule has 2 aliphatic rings. The van der Waals surface area contributed by atoms with Crippen molar-refractivity contribution in [3.8, 4) is 31.6 Å². The number of allylic oxidation sites excluding steroid dienone is 6. The van der Waals surface area contributed by atoms with Gasteiger partial charge in [0.15, 0.2) is 11.6 Å². The number of nitriles is 2. The minimum Gasteiger partial charge on any atom is -0.289 e. The van der Waals surface area contributed by atoms with Gasteiger partial charge in [-0.2, -0.15) is 0 Å². The van der Waals surface area contributed by atoms with E-state index >= 15 is 0 Å². The molecule has 0 atom stereocenters. The predicted octanol–water partition coefficient (Wildman–Crippen LogP) is 12.4. The molecule has 4 heterocycles. The molecule has 54 heavy (non-hydrogen) atoms. The number of hydrogen-bond donors (Lipinski definition) is 0. The van der Waals surface area contributed by atoms with Gasteiger partial charge in [-0.25, -0.2) is 20.2 Å². The number of benzene rings is 3. The van der Waals surface area contributed by atoms with E-state index in [-0.39, 0.29) is 57.4 Å². The van der Waals surface area contributed by atoms with Crippen LogP contribution >= 0.6 is 45.3 Å². The van der Waals surface area contributed by atoms with Crippen LogP contribution in [0.25, 0.3) is 72.6 Å². The zero-order valence-electron chi connectivity index (χ0n) is 29.5. The second kappa shape index (κ2) is 13.0. The maximum Gasteiger partial charge on any atom is 0.270 e. The Morgan fingerprint density at radius 2 is 0.981 bits per heavy atom. The fraction of sp³-hybridized carbons (Fsp3) is 0. The predicted molar refractivity (Wildman–Crippen MR) is 220 cm³/mol. The number of nitrogens with zero attached hydrogens (tertiary/aromatic N) is 4. The Hall–Kier alpha value is -6.76. The zero-order chi connectivity index (χ0) is 38.8. The Morgan fingerprint density at radius 1 is 0.574 bits per heavy atom. The van der Waals surface area contributed by atoms with Crippen molar-refractivity contribution in [2.45, 2.75) is 0 Å². The van der Waals surface area contributed by atoms with Crippen LogP contribution in [0.1, 0.15) is 44.3 Å². The molecule has 0 radical (unpaired) electrons. The summed E-state index contributed by atoms with van der Waals surface area (Å²) in [7, 11) is 0. The lowest BCUT2D eigenvalue weighted by molar-refractivity contribution is 0.103. The third-order valence-electron chi connectivity index (χ3n) is 9.09. The average molecular weight is 765 g/mol. The average Bonchev–Trinajstić information content (AvgIpc) is 4.08. The van der Waals surface area contributed by atoms with E-state index < -0.39 is 0 Å². The molecule has 4 aromatic heterocycles. The van der Waals surface area contributed by atoms with Crippen LogP contribution in [0.5, 0.6) is 0 Å². The first-order valence-corrected chi connectivity index (χ1v) is 19.4. The fourth-order valence-electron chi connectivity index (χ4n) is 6.70. The molecule has 0 saturated heterocycles. The third kappa shape index (κ3) is 5.30. The summed E-state index contributed by atoms with van der Waals surface area (Å²) in [6.45, 7) is 15.1. The number of Topliss-reactive ketones (excluding diaryl/α,β-unsaturated/α-hetero) is 2. The molecule has 0 unspecified atom stereocenters. The van der Waals surface area contributed by atoms with Gasteiger partial charge in [-0.15, -0.1) is 45.3 Å². The lowest BCUT2D eigenvalue weighted by Crippen LogP contribution is -1.95. The molecule has 3 aromatic carbocycles. The van der Waals surface area contributed by atoms with Crippen molar-refractivity contribution in [2.75, 3.05) is 0 Å². The molecule has 7 aromatic rings. The van der Waals surface area contributed by atoms with Crippen molar-refractivity contribution in [1.82, 2.24) is 0 Å². The van der Waals surface area contributed by atoms with E-state index in [2.05, 4.69) is 34.0 Å². The first-order chi connectivity index (χ1) is 27.2. The number of fused-ring (bicyclic) bond motifs is 4. The largest absolute Gasteiger partial charge is 0.289 e. The van der Waals surface area contributed by atoms with Gasteiger partial charge in [0, 0.05) is 72.1 Å². The third-order valence-corrected chi connectivity index (χ3v) is 13.7. The molecular formula is C44H18N4O2S4. The SMILES string of the molecule is [2H]/C(=C1/C(=O)c2ccccc2/C1=C(\C#N)[N+]#[C-])c1ccc(-c2cc3cc4sc(-c5ccc(/C([2H])=C6\C(=O)c7ccccc7\C6=C(\C#N)[N+]#[C-])s5)cc4cc3s2)s1. The van der Waals surface area contributed by atoms with Crippen LogP contribution in [0, 0.1) is 35.8 Å². The Balaban J connectivity index is 1.03. The van der Waals surface area contributed by atoms with E-state index in [1.165, 1.54) is 22.7 Å². The second-order valence-electron chi connectivity index (χ2n) is 12.1. The van der Waals surface area contributed by atoms with E-state index in [9.17, 15) is 20.1 Å². The zero-order valence-corrected chi connectivity index (χ0v) is 30.7. The van der Waals surface area contributed by atoms with Crippen LogP contribution in [-0.2, 0) is 0 Å². The molecule has 0 N–H and O–H groups in total. The molecule has 0 aliphatic heterocycles. The van der Waals surface area contributed by atoms with Crippen molar-refractivity contribution >= 4 is 100 Å². The number of thiophene rings is 4. The normalized spacial score (nSPS) is 17.6. The molecule has 250 valence electrons. The molecule has 9 rings (SSSR count). The Bertz CT molecular complexity index is 2970. The van der Waals surface area contributed by atoms with Crippen LogP contribution in [0.3, 0.4) is 0 Å². The van der Waals surface area contributed by atoms with E-state index in [1.807, 2.05) is 36.4 Å². The highest BCUT2D eigenvalue weighted by atomic mass is 32.1. The summed E-state index contributed by atoms with van der Waals surface area (Å²) in [6.07, 6.45) is 0. The lowest BCUT2D eigenvalue weighted by Gasteiger charge is -2.01. The van der Waals surface area contributed by atoms with Gasteiger partial charge in [0.2, 0.25) is 0 Å². The Kier molecular flexibility index (Phi) is 7.44. The molecule has 0 saturated carbocycles. The summed E-state index contributed by atoms with van der Waals surface area (Å²) in [4.78, 5) is 38.7. The molecule has 0 spiro atoms. The molecule has 0 fully saturated rings. The number of carbonyl (C=O) groups is 2. The van der Waals surface area contributed by atoms with Crippen molar-refractivity contribution in [1.29, 1.82) is 10.5 Å². The van der Waals surface area contributed by atoms with Gasteiger partial charge >= 0.3 is 0 Å². The maximum atomic E-state index is 13.5. The van der Waals surface area contributed by atoms with Crippen LogP contribution in [0.2, 0.25) is 0 Å². The van der Waals surface area contributed by atoms with Crippen molar-refractivity contribution in [3.63, 3.8) is 0 Å². The molecular weight excluding hydrogens is 745 g/mol. The molecule has 0 bridgehead atoms. The number of rotatable bonds is 4. The summed E-state index contributed by atoms with van der Waals surface area (Å²) in [5, 5.41) is 21.5. The fourth-order valence-corrected chi connectivity index (χ4v) is 10.9. The minimum absolute atomic E-state index is 0.0133. The first-order valence-electron chi connectivity index (χ1n) is 17.2. The van der Waals surface area contributed by atoms with Crippen LogP contribution in [0.4, 0.5) is 0 Å². The monoisotopic (exact) mass is 764 g/mol. The first kappa shape index (κ1) is 30.8. The standard InChI is InChI=1S/C44H18N4O2S4/c1-47-33(21-45)41-27-7-3-5-9-29(27)43(49)31(41)19-25-11-13-35(51-25)39-17-23-15-38-24(16-37(23)53-39)18-40(54-38)36-14-12-26(52-36)20-32-42(34(22-46)48-2)28-8-4-6-10-30(28)44(32)50/h3-20H/b31-19-,32-20-,41-33-,42-34+/i19D,20D. The lowest BCUT2D eigenvalue weighted by atomic mass is 10.0. The topological polar surface area (TPSA) is 90.4 Å². The van der Waals surface area contributed by atoms with Gasteiger partial charge in [0.1, 0.15) is 0 Å². The smallest absolute Gasteiger partial charge is 0.270 e. The van der Waals surface area contributed by atoms with Crippen molar-refractivity contribution in [2.24, 2.45) is 0 Å². The minimum atomic E-state index is -0.365. The maximum absolute atomic E-state index is 13.5. The van der Waals surface area contributed by atoms with E-state index in [1.54, 1.807) is 71.2 Å². The summed E-state index contributed by atoms with van der Waals surface area (Å²) in [5.41, 5.74) is 1.91. The van der Waals surface area contributed by atoms with E-state index in [0.717, 1.165) is 39.7 Å². The summed E-state index contributed by atoms with van der Waals surface area (Å²) in [6, 6.07) is 33.5. The Morgan fingerprint density at radius 3 is 1.37 bits per heavy atom. The van der Waals surface area contributed by atoms with Gasteiger partial charge < -0.3 is 0 Å². The highest BCUT2D eigenvalue weighted by Crippen LogP contribution is 2.46. The van der Waals surface area contributed by atoms with Crippen LogP contribution in [-0.4, -0.2) is 11.6 Å². The number of ketones is 2. The molecule has 2 aliphatic carbocycles. The summed E-state index contributed by atoms with van der Waals surface area (Å²) in [5.74, 6) is -0.729. The highest BCUT2D eigenvalue weighted by Gasteiger charge is 2.33. The van der Waals surface area contributed by atoms with E-state index in [0.29, 0.717) is 32.0 Å². The van der Waals surface area contributed by atoms with Crippen molar-refractivity contribution in [3.05, 3.63) is 174 Å². The summed E-state index contributed by atoms with van der Waals surface area (Å²) < 4.78 is 20.3. The van der Waals surface area contributed by atoms with Gasteiger partial charge in [0.05, 0.1) is 28.0 Å². The summed E-state index contributed by atoms with van der Waals surface area (Å²) >= 11 is 6.02. The van der Waals surface area contributed by atoms with Gasteiger partial charge in [-0.3, -0.25) is 9.59 Å². The van der Waals surface area contributed by atoms with E-state index in [4.69, 9.17) is 15.9 Å². The number of hydrogen-bond acceptors (Lipinski definition) is 8. The van der Waals surface area contributed by atoms with Crippen LogP contribution in [0.15, 0.2) is 120 Å². The Labute approximate surface area is 327 Å². The van der Waals surface area contributed by atoms with Crippen molar-refractivity contribution < 1.29 is 12.3 Å². The second-order valence-corrected chi connectivity index (χ2v) is 16.5. The molecule has 6 nitrogen and oxygen atoms in total.